The smallest absolute Gasteiger partial charge is 0.0316 e. The predicted octanol–water partition coefficient (Wildman–Crippen LogP) is 3.02. The number of benzene rings is 1. The van der Waals surface area contributed by atoms with Gasteiger partial charge in [0, 0.05) is 17.6 Å². The fraction of sp³-hybridized carbons (Fsp3) is 0.500. The number of anilines is 1. The summed E-state index contributed by atoms with van der Waals surface area (Å²) < 4.78 is 0. The summed E-state index contributed by atoms with van der Waals surface area (Å²) in [6.45, 7) is 6.59. The van der Waals surface area contributed by atoms with Gasteiger partial charge in [0.1, 0.15) is 0 Å². The molecule has 2 atom stereocenters. The van der Waals surface area contributed by atoms with Crippen LogP contribution in [0.4, 0.5) is 5.69 Å². The van der Waals surface area contributed by atoms with Crippen molar-refractivity contribution in [2.24, 2.45) is 5.92 Å². The van der Waals surface area contributed by atoms with Crippen molar-refractivity contribution in [2.75, 3.05) is 18.8 Å². The molecule has 0 spiro atoms. The Morgan fingerprint density at radius 2 is 2.11 bits per heavy atom. The van der Waals surface area contributed by atoms with Crippen LogP contribution in [0.3, 0.4) is 0 Å². The highest BCUT2D eigenvalue weighted by atomic mass is 15.2. The van der Waals surface area contributed by atoms with Gasteiger partial charge in [-0.1, -0.05) is 18.2 Å². The number of nitrogen functional groups attached to an aromatic ring is 1. The highest BCUT2D eigenvalue weighted by Crippen LogP contribution is 2.39. The molecule has 2 bridgehead atoms. The van der Waals surface area contributed by atoms with Crippen molar-refractivity contribution >= 4 is 5.69 Å². The number of fused-ring (bicyclic) bond motifs is 3. The summed E-state index contributed by atoms with van der Waals surface area (Å²) in [5, 5.41) is 0. The van der Waals surface area contributed by atoms with Crippen molar-refractivity contribution < 1.29 is 0 Å². The first kappa shape index (κ1) is 11.8. The lowest BCUT2D eigenvalue weighted by molar-refractivity contribution is 0.0423. The summed E-state index contributed by atoms with van der Waals surface area (Å²) in [4.78, 5) is 2.65. The number of rotatable bonds is 3. The summed E-state index contributed by atoms with van der Waals surface area (Å²) in [6.07, 6.45) is 6.21. The van der Waals surface area contributed by atoms with Crippen LogP contribution in [-0.4, -0.2) is 24.0 Å². The SMILES string of the molecule is C=CC(c1cccc(N)c1)C1CC2CCN1CC2. The van der Waals surface area contributed by atoms with Crippen LogP contribution < -0.4 is 5.73 Å². The summed E-state index contributed by atoms with van der Waals surface area (Å²) in [5.41, 5.74) is 8.09. The van der Waals surface area contributed by atoms with E-state index < -0.39 is 0 Å². The van der Waals surface area contributed by atoms with Crippen LogP contribution in [0, 0.1) is 5.92 Å². The van der Waals surface area contributed by atoms with E-state index in [9.17, 15) is 0 Å². The number of hydrogen-bond donors (Lipinski definition) is 1. The van der Waals surface area contributed by atoms with Crippen LogP contribution in [0.2, 0.25) is 0 Å². The van der Waals surface area contributed by atoms with Gasteiger partial charge >= 0.3 is 0 Å². The van der Waals surface area contributed by atoms with Gasteiger partial charge in [-0.25, -0.2) is 0 Å². The van der Waals surface area contributed by atoms with Gasteiger partial charge in [-0.05, 0) is 56.0 Å². The standard InChI is InChI=1S/C16H22N2/c1-2-15(13-4-3-5-14(17)11-13)16-10-12-6-8-18(16)9-7-12/h2-5,11-12,15-16H,1,6-10,17H2. The second-order valence-electron chi connectivity index (χ2n) is 5.71. The molecule has 3 fully saturated rings. The molecule has 3 heterocycles. The molecule has 0 aliphatic carbocycles. The van der Waals surface area contributed by atoms with Gasteiger partial charge in [-0.3, -0.25) is 4.90 Å². The maximum atomic E-state index is 5.91. The van der Waals surface area contributed by atoms with E-state index in [0.29, 0.717) is 12.0 Å². The van der Waals surface area contributed by atoms with E-state index in [1.165, 1.54) is 37.9 Å². The van der Waals surface area contributed by atoms with Gasteiger partial charge in [-0.15, -0.1) is 6.58 Å². The van der Waals surface area contributed by atoms with E-state index in [1.54, 1.807) is 0 Å². The van der Waals surface area contributed by atoms with Crippen LogP contribution in [0.25, 0.3) is 0 Å². The lowest BCUT2D eigenvalue weighted by atomic mass is 9.76. The van der Waals surface area contributed by atoms with E-state index in [1.807, 2.05) is 6.07 Å². The Morgan fingerprint density at radius 1 is 1.33 bits per heavy atom. The Hall–Kier alpha value is -1.28. The van der Waals surface area contributed by atoms with E-state index in [2.05, 4.69) is 35.8 Å². The van der Waals surface area contributed by atoms with Crippen molar-refractivity contribution in [3.8, 4) is 0 Å². The van der Waals surface area contributed by atoms with Crippen LogP contribution in [-0.2, 0) is 0 Å². The monoisotopic (exact) mass is 242 g/mol. The van der Waals surface area contributed by atoms with Gasteiger partial charge in [0.05, 0.1) is 0 Å². The molecule has 4 rings (SSSR count). The minimum Gasteiger partial charge on any atom is -0.399 e. The van der Waals surface area contributed by atoms with E-state index >= 15 is 0 Å². The zero-order chi connectivity index (χ0) is 12.5. The van der Waals surface area contributed by atoms with Crippen LogP contribution in [0.1, 0.15) is 30.7 Å². The summed E-state index contributed by atoms with van der Waals surface area (Å²) in [5.74, 6) is 1.36. The minimum atomic E-state index is 0.427. The molecule has 2 unspecified atom stereocenters. The predicted molar refractivity (Wildman–Crippen MR) is 76.5 cm³/mol. The fourth-order valence-corrected chi connectivity index (χ4v) is 3.67. The van der Waals surface area contributed by atoms with E-state index in [4.69, 9.17) is 5.73 Å². The fourth-order valence-electron chi connectivity index (χ4n) is 3.67. The molecule has 3 aliphatic rings. The Morgan fingerprint density at radius 3 is 2.67 bits per heavy atom. The molecule has 18 heavy (non-hydrogen) atoms. The third-order valence-electron chi connectivity index (χ3n) is 4.66. The molecule has 0 radical (unpaired) electrons. The number of hydrogen-bond acceptors (Lipinski definition) is 2. The lowest BCUT2D eigenvalue weighted by Crippen LogP contribution is -2.50. The molecule has 2 N–H and O–H groups in total. The molecule has 3 saturated heterocycles. The quantitative estimate of drug-likeness (QED) is 0.652. The molecular formula is C16H22N2. The molecule has 2 heteroatoms. The topological polar surface area (TPSA) is 29.3 Å². The Balaban J connectivity index is 1.86. The molecule has 2 nitrogen and oxygen atoms in total. The molecule has 96 valence electrons. The van der Waals surface area contributed by atoms with Gasteiger partial charge in [0.15, 0.2) is 0 Å². The maximum Gasteiger partial charge on any atom is 0.0316 e. The van der Waals surface area contributed by atoms with Crippen molar-refractivity contribution in [2.45, 2.75) is 31.2 Å². The van der Waals surface area contributed by atoms with E-state index in [-0.39, 0.29) is 0 Å². The maximum absolute atomic E-state index is 5.91. The van der Waals surface area contributed by atoms with Crippen LogP contribution in [0.15, 0.2) is 36.9 Å². The summed E-state index contributed by atoms with van der Waals surface area (Å²) in [7, 11) is 0. The average Bonchev–Trinajstić information content (AvgIpc) is 2.41. The molecule has 1 aromatic carbocycles. The zero-order valence-electron chi connectivity index (χ0n) is 10.9. The number of nitrogens with zero attached hydrogens (tertiary/aromatic N) is 1. The first-order valence-corrected chi connectivity index (χ1v) is 7.00. The molecule has 3 aliphatic heterocycles. The molecular weight excluding hydrogens is 220 g/mol. The Labute approximate surface area is 109 Å². The minimum absolute atomic E-state index is 0.427. The molecule has 0 saturated carbocycles. The van der Waals surface area contributed by atoms with Gasteiger partial charge in [0.2, 0.25) is 0 Å². The van der Waals surface area contributed by atoms with Crippen LogP contribution >= 0.6 is 0 Å². The second kappa shape index (κ2) is 4.77. The normalized spacial score (nSPS) is 32.1. The first-order valence-electron chi connectivity index (χ1n) is 7.00. The van der Waals surface area contributed by atoms with Crippen molar-refractivity contribution in [3.05, 3.63) is 42.5 Å². The highest BCUT2D eigenvalue weighted by Gasteiger charge is 2.37. The van der Waals surface area contributed by atoms with Crippen molar-refractivity contribution in [1.29, 1.82) is 0 Å². The largest absolute Gasteiger partial charge is 0.399 e. The third-order valence-corrected chi connectivity index (χ3v) is 4.66. The zero-order valence-corrected chi connectivity index (χ0v) is 10.9. The summed E-state index contributed by atoms with van der Waals surface area (Å²) >= 11 is 0. The molecule has 1 aromatic rings. The van der Waals surface area contributed by atoms with Crippen molar-refractivity contribution in [3.63, 3.8) is 0 Å². The van der Waals surface area contributed by atoms with E-state index in [0.717, 1.165) is 11.6 Å². The molecule has 0 amide bonds. The lowest BCUT2D eigenvalue weighted by Gasteiger charge is -2.48. The summed E-state index contributed by atoms with van der Waals surface area (Å²) in [6, 6.07) is 8.94. The van der Waals surface area contributed by atoms with Gasteiger partial charge in [0.25, 0.3) is 0 Å². The Kier molecular flexibility index (Phi) is 3.13. The average molecular weight is 242 g/mol. The number of piperidine rings is 3. The highest BCUT2D eigenvalue weighted by molar-refractivity contribution is 5.43. The Bertz CT molecular complexity index is 432. The first-order chi connectivity index (χ1) is 8.78. The second-order valence-corrected chi connectivity index (χ2v) is 5.71. The third kappa shape index (κ3) is 2.05. The van der Waals surface area contributed by atoms with Crippen LogP contribution in [0.5, 0.6) is 0 Å². The van der Waals surface area contributed by atoms with Gasteiger partial charge < -0.3 is 5.73 Å². The van der Waals surface area contributed by atoms with Crippen molar-refractivity contribution in [1.82, 2.24) is 4.90 Å². The molecule has 0 aromatic heterocycles. The number of nitrogens with two attached hydrogens (primary N) is 1. The van der Waals surface area contributed by atoms with Gasteiger partial charge in [-0.2, -0.15) is 0 Å².